The summed E-state index contributed by atoms with van der Waals surface area (Å²) < 4.78 is 11.9. The Morgan fingerprint density at radius 3 is 2.75 bits per heavy atom. The van der Waals surface area contributed by atoms with E-state index in [9.17, 15) is 4.39 Å². The van der Waals surface area contributed by atoms with Crippen molar-refractivity contribution in [2.24, 2.45) is 0 Å². The van der Waals surface area contributed by atoms with Gasteiger partial charge in [0.2, 0.25) is 0 Å². The van der Waals surface area contributed by atoms with Crippen molar-refractivity contribution >= 4 is 0 Å². The number of nitrogens with zero attached hydrogens (tertiary/aromatic N) is 1. The predicted molar refractivity (Wildman–Crippen MR) is 26.8 cm³/mol. The van der Waals surface area contributed by atoms with Gasteiger partial charge in [-0.15, -0.1) is 0 Å². The third-order valence-corrected chi connectivity index (χ3v) is 0.767. The fourth-order valence-corrected chi connectivity index (χ4v) is 0.312. The van der Waals surface area contributed by atoms with Crippen LogP contribution in [-0.2, 0) is 0 Å². The van der Waals surface area contributed by atoms with Gasteiger partial charge in [0.25, 0.3) is 0 Å². The number of nitriles is 1. The Balaban J connectivity index is 3.01. The van der Waals surface area contributed by atoms with E-state index in [0.29, 0.717) is 0 Å². The first-order valence-corrected chi connectivity index (χ1v) is 2.43. The summed E-state index contributed by atoms with van der Waals surface area (Å²) in [6, 6.07) is 1.78. The summed E-state index contributed by atoms with van der Waals surface area (Å²) in [7, 11) is 0. The van der Waals surface area contributed by atoms with Gasteiger partial charge in [0, 0.05) is 6.42 Å². The van der Waals surface area contributed by atoms with Gasteiger partial charge in [0.05, 0.1) is 12.7 Å². The molecular weight excluding hydrogens is 109 g/mol. The van der Waals surface area contributed by atoms with Gasteiger partial charge in [-0.3, -0.25) is 0 Å². The van der Waals surface area contributed by atoms with Gasteiger partial charge < -0.3 is 5.11 Å². The SMILES string of the molecule is N#CCC[C@H](F)CO. The first kappa shape index (κ1) is 7.38. The summed E-state index contributed by atoms with van der Waals surface area (Å²) >= 11 is 0. The molecule has 0 radical (unpaired) electrons. The molecule has 1 N–H and O–H groups in total. The maximum atomic E-state index is 11.9. The van der Waals surface area contributed by atoms with E-state index in [2.05, 4.69) is 0 Å². The largest absolute Gasteiger partial charge is 0.393 e. The fraction of sp³-hybridized carbons (Fsp3) is 0.800. The van der Waals surface area contributed by atoms with Gasteiger partial charge in [-0.1, -0.05) is 0 Å². The van der Waals surface area contributed by atoms with Gasteiger partial charge in [0.15, 0.2) is 0 Å². The summed E-state index contributed by atoms with van der Waals surface area (Å²) in [6.45, 7) is -0.471. The molecular formula is C5H8FNO. The van der Waals surface area contributed by atoms with E-state index in [0.717, 1.165) is 0 Å². The highest BCUT2D eigenvalue weighted by atomic mass is 19.1. The maximum absolute atomic E-state index is 11.9. The molecule has 3 heteroatoms. The number of alkyl halides is 1. The van der Waals surface area contributed by atoms with Crippen LogP contribution in [0.1, 0.15) is 12.8 Å². The Hall–Kier alpha value is -0.620. The van der Waals surface area contributed by atoms with E-state index in [4.69, 9.17) is 10.4 Å². The van der Waals surface area contributed by atoms with Crippen LogP contribution in [0.3, 0.4) is 0 Å². The zero-order valence-electron chi connectivity index (χ0n) is 4.47. The van der Waals surface area contributed by atoms with Gasteiger partial charge in [-0.05, 0) is 6.42 Å². The minimum atomic E-state index is -1.21. The fourth-order valence-electron chi connectivity index (χ4n) is 0.312. The molecule has 0 spiro atoms. The highest BCUT2D eigenvalue weighted by Crippen LogP contribution is 1.98. The molecule has 0 saturated carbocycles. The Morgan fingerprint density at radius 1 is 1.75 bits per heavy atom. The average molecular weight is 117 g/mol. The standard InChI is InChI=1S/C5H8FNO/c6-5(4-8)2-1-3-7/h5,8H,1-2,4H2/t5-/m0/s1. The smallest absolute Gasteiger partial charge is 0.124 e. The van der Waals surface area contributed by atoms with Gasteiger partial charge in [-0.2, -0.15) is 5.26 Å². The molecule has 46 valence electrons. The zero-order valence-corrected chi connectivity index (χ0v) is 4.47. The molecule has 0 unspecified atom stereocenters. The van der Waals surface area contributed by atoms with Crippen molar-refractivity contribution < 1.29 is 9.50 Å². The molecule has 0 fully saturated rings. The molecule has 0 heterocycles. The second-order valence-electron chi connectivity index (χ2n) is 1.48. The van der Waals surface area contributed by atoms with Crippen LogP contribution in [0.5, 0.6) is 0 Å². The lowest BCUT2D eigenvalue weighted by atomic mass is 10.2. The lowest BCUT2D eigenvalue weighted by molar-refractivity contribution is 0.171. The van der Waals surface area contributed by atoms with Crippen molar-refractivity contribution in [3.05, 3.63) is 0 Å². The van der Waals surface area contributed by atoms with E-state index >= 15 is 0 Å². The topological polar surface area (TPSA) is 44.0 Å². The molecule has 0 aliphatic carbocycles. The first-order valence-electron chi connectivity index (χ1n) is 2.43. The third kappa shape index (κ3) is 3.57. The molecule has 0 bridgehead atoms. The molecule has 0 aromatic carbocycles. The number of aliphatic hydroxyl groups is 1. The molecule has 8 heavy (non-hydrogen) atoms. The molecule has 0 aliphatic heterocycles. The molecule has 0 saturated heterocycles. The quantitative estimate of drug-likeness (QED) is 0.588. The van der Waals surface area contributed by atoms with E-state index in [1.807, 2.05) is 0 Å². The van der Waals surface area contributed by atoms with Crippen molar-refractivity contribution in [3.63, 3.8) is 0 Å². The molecule has 0 aliphatic rings. The Bertz CT molecular complexity index is 88.9. The van der Waals surface area contributed by atoms with Crippen LogP contribution >= 0.6 is 0 Å². The van der Waals surface area contributed by atoms with Crippen LogP contribution in [0.15, 0.2) is 0 Å². The summed E-state index contributed by atoms with van der Waals surface area (Å²) in [5, 5.41) is 16.0. The van der Waals surface area contributed by atoms with E-state index in [1.54, 1.807) is 6.07 Å². The number of hydrogen-bond acceptors (Lipinski definition) is 2. The van der Waals surface area contributed by atoms with Crippen molar-refractivity contribution in [1.29, 1.82) is 5.26 Å². The third-order valence-electron chi connectivity index (χ3n) is 0.767. The van der Waals surface area contributed by atoms with Crippen molar-refractivity contribution in [2.75, 3.05) is 6.61 Å². The number of hydrogen-bond donors (Lipinski definition) is 1. The highest BCUT2D eigenvalue weighted by molar-refractivity contribution is 4.70. The van der Waals surface area contributed by atoms with Gasteiger partial charge >= 0.3 is 0 Å². The predicted octanol–water partition coefficient (Wildman–Crippen LogP) is 0.621. The Labute approximate surface area is 47.6 Å². The molecule has 0 aromatic rings. The Morgan fingerprint density at radius 2 is 2.38 bits per heavy atom. The van der Waals surface area contributed by atoms with Crippen molar-refractivity contribution in [1.82, 2.24) is 0 Å². The molecule has 1 atom stereocenters. The summed E-state index contributed by atoms with van der Waals surface area (Å²) in [5.74, 6) is 0. The zero-order chi connectivity index (χ0) is 6.41. The van der Waals surface area contributed by atoms with E-state index in [1.165, 1.54) is 0 Å². The first-order chi connectivity index (χ1) is 3.81. The lowest BCUT2D eigenvalue weighted by Gasteiger charge is -1.96. The number of halogens is 1. The highest BCUT2D eigenvalue weighted by Gasteiger charge is 2.01. The van der Waals surface area contributed by atoms with Crippen molar-refractivity contribution in [2.45, 2.75) is 19.0 Å². The number of rotatable bonds is 3. The van der Waals surface area contributed by atoms with Crippen LogP contribution in [0, 0.1) is 11.3 Å². The van der Waals surface area contributed by atoms with Crippen LogP contribution in [-0.4, -0.2) is 17.9 Å². The van der Waals surface area contributed by atoms with E-state index in [-0.39, 0.29) is 12.8 Å². The molecule has 0 amide bonds. The van der Waals surface area contributed by atoms with Crippen LogP contribution in [0.4, 0.5) is 4.39 Å². The van der Waals surface area contributed by atoms with Gasteiger partial charge in [0.1, 0.15) is 6.17 Å². The minimum absolute atomic E-state index is 0.146. The van der Waals surface area contributed by atoms with Gasteiger partial charge in [-0.25, -0.2) is 4.39 Å². The van der Waals surface area contributed by atoms with Crippen LogP contribution in [0.25, 0.3) is 0 Å². The Kier molecular flexibility index (Phi) is 4.19. The summed E-state index contributed by atoms with van der Waals surface area (Å²) in [4.78, 5) is 0. The second-order valence-corrected chi connectivity index (χ2v) is 1.48. The second kappa shape index (κ2) is 4.54. The minimum Gasteiger partial charge on any atom is -0.393 e. The lowest BCUT2D eigenvalue weighted by Crippen LogP contribution is -2.04. The molecule has 0 aromatic heterocycles. The van der Waals surface area contributed by atoms with Crippen molar-refractivity contribution in [3.8, 4) is 6.07 Å². The summed E-state index contributed by atoms with van der Waals surface area (Å²) in [5.41, 5.74) is 0. The van der Waals surface area contributed by atoms with Crippen LogP contribution in [0.2, 0.25) is 0 Å². The normalized spacial score (nSPS) is 12.6. The maximum Gasteiger partial charge on any atom is 0.124 e. The van der Waals surface area contributed by atoms with E-state index < -0.39 is 12.8 Å². The average Bonchev–Trinajstić information content (AvgIpc) is 1.83. The summed E-state index contributed by atoms with van der Waals surface area (Å²) in [6.07, 6.45) is -0.885. The molecule has 2 nitrogen and oxygen atoms in total. The van der Waals surface area contributed by atoms with Crippen LogP contribution < -0.4 is 0 Å². The number of aliphatic hydroxyl groups excluding tert-OH is 1. The molecule has 0 rings (SSSR count). The monoisotopic (exact) mass is 117 g/mol.